The van der Waals surface area contributed by atoms with Gasteiger partial charge >= 0.3 is 5.97 Å². The minimum atomic E-state index is -0.554. The molecule has 1 unspecified atom stereocenters. The molecule has 1 aliphatic rings. The van der Waals surface area contributed by atoms with Crippen molar-refractivity contribution in [2.24, 2.45) is 5.92 Å². The number of rotatable bonds is 7. The number of carbonyl (C=O) groups excluding carboxylic acids is 3. The fourth-order valence-electron chi connectivity index (χ4n) is 3.58. The monoisotopic (exact) mass is 382 g/mol. The third-order valence-corrected chi connectivity index (χ3v) is 5.25. The number of aryl methyl sites for hydroxylation is 1. The lowest BCUT2D eigenvalue weighted by atomic mass is 10.0. The molecular formula is C22H26N2O4. The molecule has 1 aromatic heterocycles. The van der Waals surface area contributed by atoms with Gasteiger partial charge in [-0.25, -0.2) is 4.79 Å². The van der Waals surface area contributed by atoms with Gasteiger partial charge in [-0.1, -0.05) is 29.8 Å². The number of ketones is 1. The van der Waals surface area contributed by atoms with Gasteiger partial charge < -0.3 is 15.0 Å². The van der Waals surface area contributed by atoms with Crippen molar-refractivity contribution in [1.29, 1.82) is 0 Å². The summed E-state index contributed by atoms with van der Waals surface area (Å²) in [5.74, 6) is -0.505. The van der Waals surface area contributed by atoms with Crippen LogP contribution >= 0.6 is 0 Å². The van der Waals surface area contributed by atoms with Crippen LogP contribution in [0.2, 0.25) is 0 Å². The van der Waals surface area contributed by atoms with Crippen LogP contribution in [0.1, 0.15) is 69.0 Å². The Bertz CT molecular complexity index is 907. The Morgan fingerprint density at radius 1 is 1.18 bits per heavy atom. The van der Waals surface area contributed by atoms with E-state index in [1.165, 1.54) is 19.6 Å². The Hall–Kier alpha value is -2.89. The summed E-state index contributed by atoms with van der Waals surface area (Å²) in [7, 11) is 1.28. The average molecular weight is 382 g/mol. The number of Topliss-reactive ketones (excluding diaryl/α,β-unsaturated/α-hetero) is 1. The third kappa shape index (κ3) is 4.16. The molecule has 1 heterocycles. The highest BCUT2D eigenvalue weighted by molar-refractivity contribution is 6.01. The Morgan fingerprint density at radius 2 is 1.82 bits per heavy atom. The Balaban J connectivity index is 1.82. The van der Waals surface area contributed by atoms with Crippen molar-refractivity contribution in [2.75, 3.05) is 7.11 Å². The summed E-state index contributed by atoms with van der Waals surface area (Å²) in [4.78, 5) is 39.7. The third-order valence-electron chi connectivity index (χ3n) is 5.25. The maximum atomic E-state index is 12.8. The van der Waals surface area contributed by atoms with Crippen molar-refractivity contribution in [3.8, 4) is 0 Å². The molecule has 3 rings (SSSR count). The molecule has 1 aliphatic carbocycles. The van der Waals surface area contributed by atoms with Crippen molar-refractivity contribution in [3.05, 3.63) is 57.9 Å². The van der Waals surface area contributed by atoms with Crippen molar-refractivity contribution >= 4 is 17.7 Å². The summed E-state index contributed by atoms with van der Waals surface area (Å²) in [5.41, 5.74) is 3.78. The van der Waals surface area contributed by atoms with Crippen LogP contribution in [-0.4, -0.2) is 29.8 Å². The first-order chi connectivity index (χ1) is 13.3. The summed E-state index contributed by atoms with van der Waals surface area (Å²) in [6.07, 6.45) is 2.15. The van der Waals surface area contributed by atoms with E-state index in [0.29, 0.717) is 22.9 Å². The van der Waals surface area contributed by atoms with Crippen molar-refractivity contribution in [1.82, 2.24) is 10.3 Å². The predicted molar refractivity (Wildman–Crippen MR) is 105 cm³/mol. The largest absolute Gasteiger partial charge is 0.465 e. The molecule has 28 heavy (non-hydrogen) atoms. The molecule has 148 valence electrons. The van der Waals surface area contributed by atoms with E-state index in [0.717, 1.165) is 18.4 Å². The van der Waals surface area contributed by atoms with Crippen LogP contribution in [0.15, 0.2) is 24.3 Å². The molecule has 0 radical (unpaired) electrons. The SMILES string of the molecule is COC(=O)c1c(CC(=O)NC(c2ccc(C)cc2)C2CC2)[nH]c(C(C)=O)c1C. The second-order valence-corrected chi connectivity index (χ2v) is 7.50. The molecular weight excluding hydrogens is 356 g/mol. The minimum Gasteiger partial charge on any atom is -0.465 e. The summed E-state index contributed by atoms with van der Waals surface area (Å²) in [5, 5.41) is 3.11. The van der Waals surface area contributed by atoms with Gasteiger partial charge in [-0.05, 0) is 43.7 Å². The molecule has 1 amide bonds. The van der Waals surface area contributed by atoms with Crippen LogP contribution in [0.4, 0.5) is 0 Å². The van der Waals surface area contributed by atoms with E-state index < -0.39 is 5.97 Å². The van der Waals surface area contributed by atoms with Crippen LogP contribution in [0, 0.1) is 19.8 Å². The number of hydrogen-bond donors (Lipinski definition) is 2. The van der Waals surface area contributed by atoms with Crippen molar-refractivity contribution in [3.63, 3.8) is 0 Å². The zero-order valence-corrected chi connectivity index (χ0v) is 16.7. The van der Waals surface area contributed by atoms with Gasteiger partial charge in [0, 0.05) is 12.6 Å². The predicted octanol–water partition coefficient (Wildman–Crippen LogP) is 3.43. The number of H-pyrrole nitrogens is 1. The fourth-order valence-corrected chi connectivity index (χ4v) is 3.58. The lowest BCUT2D eigenvalue weighted by molar-refractivity contribution is -0.121. The minimum absolute atomic E-state index is 0.0202. The summed E-state index contributed by atoms with van der Waals surface area (Å²) < 4.78 is 4.84. The van der Waals surface area contributed by atoms with E-state index >= 15 is 0 Å². The first-order valence-corrected chi connectivity index (χ1v) is 9.48. The van der Waals surface area contributed by atoms with Gasteiger partial charge in [0.15, 0.2) is 5.78 Å². The quantitative estimate of drug-likeness (QED) is 0.567. The number of hydrogen-bond acceptors (Lipinski definition) is 4. The molecule has 1 saturated carbocycles. The van der Waals surface area contributed by atoms with Crippen LogP contribution < -0.4 is 5.32 Å². The fraction of sp³-hybridized carbons (Fsp3) is 0.409. The first-order valence-electron chi connectivity index (χ1n) is 9.48. The molecule has 2 aromatic rings. The average Bonchev–Trinajstić information content (AvgIpc) is 3.44. The van der Waals surface area contributed by atoms with Gasteiger partial charge in [-0.15, -0.1) is 0 Å². The normalized spacial score (nSPS) is 14.4. The first kappa shape index (κ1) is 19.9. The topological polar surface area (TPSA) is 88.3 Å². The van der Waals surface area contributed by atoms with Gasteiger partial charge in [-0.2, -0.15) is 0 Å². The Labute approximate surface area is 164 Å². The molecule has 6 heteroatoms. The van der Waals surface area contributed by atoms with Crippen molar-refractivity contribution < 1.29 is 19.1 Å². The summed E-state index contributed by atoms with van der Waals surface area (Å²) in [6, 6.07) is 8.13. The molecule has 0 spiro atoms. The second-order valence-electron chi connectivity index (χ2n) is 7.50. The molecule has 2 N–H and O–H groups in total. The molecule has 0 bridgehead atoms. The molecule has 0 saturated heterocycles. The number of nitrogens with one attached hydrogen (secondary N) is 2. The number of amides is 1. The highest BCUT2D eigenvalue weighted by atomic mass is 16.5. The van der Waals surface area contributed by atoms with Crippen LogP contribution in [0.5, 0.6) is 0 Å². The van der Waals surface area contributed by atoms with Gasteiger partial charge in [0.1, 0.15) is 0 Å². The van der Waals surface area contributed by atoms with E-state index in [1.54, 1.807) is 6.92 Å². The maximum Gasteiger partial charge on any atom is 0.339 e. The molecule has 6 nitrogen and oxygen atoms in total. The van der Waals surface area contributed by atoms with E-state index in [9.17, 15) is 14.4 Å². The van der Waals surface area contributed by atoms with E-state index in [4.69, 9.17) is 4.74 Å². The second kappa shape index (κ2) is 8.00. The number of methoxy groups -OCH3 is 1. The van der Waals surface area contributed by atoms with Crippen LogP contribution in [-0.2, 0) is 16.0 Å². The van der Waals surface area contributed by atoms with Crippen molar-refractivity contribution in [2.45, 2.75) is 46.1 Å². The van der Waals surface area contributed by atoms with E-state index in [2.05, 4.69) is 10.3 Å². The number of esters is 1. The highest BCUT2D eigenvalue weighted by Gasteiger charge is 2.34. The standard InChI is InChI=1S/C22H26N2O4/c1-12-5-7-15(8-6-12)21(16-9-10-16)24-18(26)11-17-19(22(27)28-4)13(2)20(23-17)14(3)25/h5-8,16,21,23H,9-11H2,1-4H3,(H,24,26). The van der Waals surface area contributed by atoms with Gasteiger partial charge in [0.2, 0.25) is 5.91 Å². The summed E-state index contributed by atoms with van der Waals surface area (Å²) in [6.45, 7) is 5.13. The lowest BCUT2D eigenvalue weighted by Gasteiger charge is -2.19. The van der Waals surface area contributed by atoms with E-state index in [1.807, 2.05) is 31.2 Å². The number of ether oxygens (including phenoxy) is 1. The maximum absolute atomic E-state index is 12.8. The Morgan fingerprint density at radius 3 is 2.36 bits per heavy atom. The molecule has 1 fully saturated rings. The van der Waals surface area contributed by atoms with E-state index in [-0.39, 0.29) is 29.7 Å². The number of aromatic nitrogens is 1. The van der Waals surface area contributed by atoms with Gasteiger partial charge in [0.05, 0.1) is 30.8 Å². The number of benzene rings is 1. The van der Waals surface area contributed by atoms with Gasteiger partial charge in [-0.3, -0.25) is 9.59 Å². The molecule has 0 aliphatic heterocycles. The number of carbonyl (C=O) groups is 3. The molecule has 1 aromatic carbocycles. The summed E-state index contributed by atoms with van der Waals surface area (Å²) >= 11 is 0. The smallest absolute Gasteiger partial charge is 0.339 e. The Kier molecular flexibility index (Phi) is 5.68. The lowest BCUT2D eigenvalue weighted by Crippen LogP contribution is -2.31. The number of aromatic amines is 1. The zero-order valence-electron chi connectivity index (χ0n) is 16.7. The van der Waals surface area contributed by atoms with Gasteiger partial charge in [0.25, 0.3) is 0 Å². The zero-order chi connectivity index (χ0) is 20.4. The van der Waals surface area contributed by atoms with Crippen LogP contribution in [0.25, 0.3) is 0 Å². The highest BCUT2D eigenvalue weighted by Crippen LogP contribution is 2.41. The van der Waals surface area contributed by atoms with Crippen LogP contribution in [0.3, 0.4) is 0 Å². The molecule has 1 atom stereocenters.